The zero-order valence-electron chi connectivity index (χ0n) is 16.3. The van der Waals surface area contributed by atoms with E-state index in [9.17, 15) is 18.0 Å². The van der Waals surface area contributed by atoms with Gasteiger partial charge in [-0.25, -0.2) is 13.1 Å². The number of hydrogen-bond donors (Lipinski definition) is 3. The highest BCUT2D eigenvalue weighted by Gasteiger charge is 2.18. The lowest BCUT2D eigenvalue weighted by Crippen LogP contribution is -2.43. The summed E-state index contributed by atoms with van der Waals surface area (Å²) in [7, 11) is -3.69. The summed E-state index contributed by atoms with van der Waals surface area (Å²) < 4.78 is 27.4. The van der Waals surface area contributed by atoms with Gasteiger partial charge >= 0.3 is 0 Å². The molecular weight excluding hydrogens is 390 g/mol. The predicted octanol–water partition coefficient (Wildman–Crippen LogP) is 2.00. The fraction of sp³-hybridized carbons (Fsp3) is 0.333. The highest BCUT2D eigenvalue weighted by Crippen LogP contribution is 2.24. The van der Waals surface area contributed by atoms with Crippen LogP contribution in [0.2, 0.25) is 0 Å². The Hall–Kier alpha value is -2.71. The first kappa shape index (κ1) is 21.0. The van der Waals surface area contributed by atoms with E-state index in [0.29, 0.717) is 5.56 Å². The van der Waals surface area contributed by atoms with Crippen molar-refractivity contribution in [2.45, 2.75) is 43.9 Å². The number of benzene rings is 2. The first-order valence-corrected chi connectivity index (χ1v) is 11.1. The van der Waals surface area contributed by atoms with Crippen LogP contribution in [0.1, 0.15) is 46.3 Å². The molecule has 0 spiro atoms. The van der Waals surface area contributed by atoms with E-state index in [0.717, 1.165) is 36.8 Å². The Kier molecular flexibility index (Phi) is 6.66. The number of carbonyl (C=O) groups is 2. The molecule has 8 heteroatoms. The number of nitrogens with one attached hydrogen (secondary N) is 3. The minimum Gasteiger partial charge on any atom is -0.273 e. The summed E-state index contributed by atoms with van der Waals surface area (Å²) in [4.78, 5) is 24.2. The Balaban J connectivity index is 1.48. The Bertz CT molecular complexity index is 1020. The van der Waals surface area contributed by atoms with Gasteiger partial charge in [0, 0.05) is 18.5 Å². The molecule has 0 saturated heterocycles. The van der Waals surface area contributed by atoms with Gasteiger partial charge in [0.1, 0.15) is 0 Å². The molecule has 2 aromatic rings. The van der Waals surface area contributed by atoms with Crippen LogP contribution < -0.4 is 15.6 Å². The van der Waals surface area contributed by atoms with Crippen LogP contribution in [0.4, 0.5) is 0 Å². The molecule has 7 nitrogen and oxygen atoms in total. The number of sulfonamides is 1. The molecule has 1 aliphatic carbocycles. The maximum atomic E-state index is 12.5. The maximum Gasteiger partial charge on any atom is 0.269 e. The molecule has 29 heavy (non-hydrogen) atoms. The number of amides is 2. The second kappa shape index (κ2) is 9.19. The smallest absolute Gasteiger partial charge is 0.269 e. The third-order valence-electron chi connectivity index (χ3n) is 4.98. The van der Waals surface area contributed by atoms with Crippen molar-refractivity contribution in [1.82, 2.24) is 15.6 Å². The maximum absolute atomic E-state index is 12.5. The number of fused-ring (bicyclic) bond motifs is 1. The largest absolute Gasteiger partial charge is 0.273 e. The SMILES string of the molecule is Cc1ccccc1C(=O)NNC(=O)CCNS(=O)(=O)c1ccc2c(c1)CCCC2. The molecule has 3 rings (SSSR count). The lowest BCUT2D eigenvalue weighted by Gasteiger charge is -2.16. The van der Waals surface area contributed by atoms with Gasteiger partial charge in [-0.1, -0.05) is 24.3 Å². The van der Waals surface area contributed by atoms with Gasteiger partial charge < -0.3 is 0 Å². The Morgan fingerprint density at radius 2 is 1.69 bits per heavy atom. The average molecular weight is 416 g/mol. The van der Waals surface area contributed by atoms with Gasteiger partial charge in [-0.05, 0) is 67.5 Å². The third kappa shape index (κ3) is 5.42. The van der Waals surface area contributed by atoms with E-state index in [1.54, 1.807) is 37.3 Å². The molecule has 0 heterocycles. The van der Waals surface area contributed by atoms with Crippen LogP contribution in [0, 0.1) is 6.92 Å². The van der Waals surface area contributed by atoms with Crippen molar-refractivity contribution in [3.05, 3.63) is 64.7 Å². The Morgan fingerprint density at radius 3 is 2.45 bits per heavy atom. The number of aryl methyl sites for hydroxylation is 3. The normalized spacial score (nSPS) is 13.4. The van der Waals surface area contributed by atoms with Crippen molar-refractivity contribution in [2.75, 3.05) is 6.54 Å². The van der Waals surface area contributed by atoms with E-state index in [4.69, 9.17) is 0 Å². The van der Waals surface area contributed by atoms with Gasteiger partial charge in [0.15, 0.2) is 0 Å². The molecule has 154 valence electrons. The minimum absolute atomic E-state index is 0.0640. The lowest BCUT2D eigenvalue weighted by molar-refractivity contribution is -0.121. The average Bonchev–Trinajstić information content (AvgIpc) is 2.72. The van der Waals surface area contributed by atoms with Crippen molar-refractivity contribution in [2.24, 2.45) is 0 Å². The van der Waals surface area contributed by atoms with E-state index in [2.05, 4.69) is 15.6 Å². The summed E-state index contributed by atoms with van der Waals surface area (Å²) in [5, 5.41) is 0. The molecule has 2 aromatic carbocycles. The van der Waals surface area contributed by atoms with Crippen LogP contribution in [0.3, 0.4) is 0 Å². The molecule has 0 unspecified atom stereocenters. The fourth-order valence-corrected chi connectivity index (χ4v) is 4.43. The monoisotopic (exact) mass is 415 g/mol. The van der Waals surface area contributed by atoms with Gasteiger partial charge in [-0.3, -0.25) is 20.4 Å². The second-order valence-electron chi connectivity index (χ2n) is 7.10. The summed E-state index contributed by atoms with van der Waals surface area (Å²) in [6.45, 7) is 1.73. The van der Waals surface area contributed by atoms with Gasteiger partial charge in [0.25, 0.3) is 5.91 Å². The van der Waals surface area contributed by atoms with Crippen LogP contribution in [0.5, 0.6) is 0 Å². The number of rotatable bonds is 6. The summed E-state index contributed by atoms with van der Waals surface area (Å²) >= 11 is 0. The van der Waals surface area contributed by atoms with Gasteiger partial charge in [-0.15, -0.1) is 0 Å². The number of hydrogen-bond acceptors (Lipinski definition) is 4. The quantitative estimate of drug-likeness (QED) is 0.628. The topological polar surface area (TPSA) is 104 Å². The predicted molar refractivity (Wildman–Crippen MR) is 110 cm³/mol. The van der Waals surface area contributed by atoms with Crippen molar-refractivity contribution in [3.63, 3.8) is 0 Å². The van der Waals surface area contributed by atoms with Crippen LogP contribution in [-0.2, 0) is 27.7 Å². The van der Waals surface area contributed by atoms with Crippen molar-refractivity contribution < 1.29 is 18.0 Å². The van der Waals surface area contributed by atoms with Gasteiger partial charge in [0.05, 0.1) is 4.90 Å². The van der Waals surface area contributed by atoms with Crippen LogP contribution in [-0.4, -0.2) is 26.8 Å². The first-order valence-electron chi connectivity index (χ1n) is 9.63. The summed E-state index contributed by atoms with van der Waals surface area (Å²) in [6.07, 6.45) is 3.97. The molecule has 0 fully saturated rings. The van der Waals surface area contributed by atoms with Gasteiger partial charge in [-0.2, -0.15) is 0 Å². The Labute approximate surface area is 170 Å². The zero-order valence-corrected chi connectivity index (χ0v) is 17.1. The second-order valence-corrected chi connectivity index (χ2v) is 8.87. The van der Waals surface area contributed by atoms with Crippen LogP contribution in [0.25, 0.3) is 0 Å². The lowest BCUT2D eigenvalue weighted by atomic mass is 9.92. The molecule has 0 aromatic heterocycles. The van der Waals surface area contributed by atoms with Gasteiger partial charge in [0.2, 0.25) is 15.9 Å². The highest BCUT2D eigenvalue weighted by atomic mass is 32.2. The fourth-order valence-electron chi connectivity index (χ4n) is 3.34. The zero-order chi connectivity index (χ0) is 20.9. The first-order chi connectivity index (χ1) is 13.9. The summed E-state index contributed by atoms with van der Waals surface area (Å²) in [5.41, 5.74) is 8.17. The molecule has 3 N–H and O–H groups in total. The van der Waals surface area contributed by atoms with Crippen molar-refractivity contribution >= 4 is 21.8 Å². The molecule has 1 aliphatic rings. The molecule has 0 radical (unpaired) electrons. The van der Waals surface area contributed by atoms with Crippen LogP contribution in [0.15, 0.2) is 47.4 Å². The number of hydrazine groups is 1. The molecule has 0 bridgehead atoms. The van der Waals surface area contributed by atoms with Crippen LogP contribution >= 0.6 is 0 Å². The number of carbonyl (C=O) groups excluding carboxylic acids is 2. The van der Waals surface area contributed by atoms with E-state index in [1.165, 1.54) is 5.56 Å². The molecule has 0 saturated carbocycles. The van der Waals surface area contributed by atoms with E-state index < -0.39 is 21.8 Å². The molecular formula is C21H25N3O4S. The van der Waals surface area contributed by atoms with Crippen molar-refractivity contribution in [3.8, 4) is 0 Å². The Morgan fingerprint density at radius 1 is 0.966 bits per heavy atom. The summed E-state index contributed by atoms with van der Waals surface area (Å²) in [6, 6.07) is 12.2. The van der Waals surface area contributed by atoms with E-state index >= 15 is 0 Å². The summed E-state index contributed by atoms with van der Waals surface area (Å²) in [5.74, 6) is -0.911. The van der Waals surface area contributed by atoms with E-state index in [-0.39, 0.29) is 17.9 Å². The molecule has 2 amide bonds. The molecule has 0 aliphatic heterocycles. The molecule has 0 atom stereocenters. The highest BCUT2D eigenvalue weighted by molar-refractivity contribution is 7.89. The minimum atomic E-state index is -3.69. The van der Waals surface area contributed by atoms with Crippen molar-refractivity contribution in [1.29, 1.82) is 0 Å². The standard InChI is InChI=1S/C21H25N3O4S/c1-15-6-2-5-9-19(15)21(26)24-23-20(25)12-13-22-29(27,28)18-11-10-16-7-3-4-8-17(16)14-18/h2,5-6,9-11,14,22H,3-4,7-8,12-13H2,1H3,(H,23,25)(H,24,26). The third-order valence-corrected chi connectivity index (χ3v) is 6.44. The van der Waals surface area contributed by atoms with E-state index in [1.807, 2.05) is 12.1 Å².